The van der Waals surface area contributed by atoms with E-state index in [0.29, 0.717) is 24.6 Å². The molecule has 0 aromatic heterocycles. The van der Waals surface area contributed by atoms with Gasteiger partial charge in [-0.3, -0.25) is 9.10 Å². The van der Waals surface area contributed by atoms with Crippen LogP contribution in [0.1, 0.15) is 19.4 Å². The van der Waals surface area contributed by atoms with Crippen molar-refractivity contribution in [3.8, 4) is 11.5 Å². The summed E-state index contributed by atoms with van der Waals surface area (Å²) in [4.78, 5) is 12.6. The SMILES string of the molecule is CCOc1ccc(CNC(=O)[C@@H]2CN(S(=O)(=O)CC)c3ccccc3O2)cc1. The number of rotatable bonds is 7. The predicted octanol–water partition coefficient (Wildman–Crippen LogP) is 2.32. The van der Waals surface area contributed by atoms with Gasteiger partial charge in [0, 0.05) is 6.54 Å². The fraction of sp³-hybridized carbons (Fsp3) is 0.350. The van der Waals surface area contributed by atoms with Crippen LogP contribution < -0.4 is 19.1 Å². The Kier molecular flexibility index (Phi) is 6.08. The lowest BCUT2D eigenvalue weighted by Crippen LogP contribution is -2.50. The number of para-hydroxylation sites is 2. The second-order valence-corrected chi connectivity index (χ2v) is 8.48. The van der Waals surface area contributed by atoms with E-state index in [9.17, 15) is 13.2 Å². The Balaban J connectivity index is 1.70. The van der Waals surface area contributed by atoms with Crippen LogP contribution >= 0.6 is 0 Å². The van der Waals surface area contributed by atoms with Crippen molar-refractivity contribution in [1.29, 1.82) is 0 Å². The molecule has 0 bridgehead atoms. The zero-order valence-electron chi connectivity index (χ0n) is 15.9. The lowest BCUT2D eigenvalue weighted by molar-refractivity contribution is -0.127. The van der Waals surface area contributed by atoms with E-state index in [0.717, 1.165) is 11.3 Å². The summed E-state index contributed by atoms with van der Waals surface area (Å²) in [6, 6.07) is 14.3. The summed E-state index contributed by atoms with van der Waals surface area (Å²) in [7, 11) is -3.52. The molecule has 0 unspecified atom stereocenters. The minimum absolute atomic E-state index is 0.0533. The molecule has 1 aliphatic heterocycles. The molecule has 0 aliphatic carbocycles. The van der Waals surface area contributed by atoms with Crippen molar-refractivity contribution < 1.29 is 22.7 Å². The van der Waals surface area contributed by atoms with Gasteiger partial charge in [-0.05, 0) is 43.7 Å². The average Bonchev–Trinajstić information content (AvgIpc) is 2.72. The van der Waals surface area contributed by atoms with E-state index in [-0.39, 0.29) is 18.2 Å². The third-order valence-electron chi connectivity index (χ3n) is 4.43. The fourth-order valence-electron chi connectivity index (χ4n) is 2.93. The van der Waals surface area contributed by atoms with Crippen molar-refractivity contribution >= 4 is 21.6 Å². The third kappa shape index (κ3) is 4.39. The van der Waals surface area contributed by atoms with Gasteiger partial charge in [-0.15, -0.1) is 0 Å². The molecule has 0 saturated carbocycles. The Morgan fingerprint density at radius 2 is 1.89 bits per heavy atom. The van der Waals surface area contributed by atoms with Gasteiger partial charge in [0.15, 0.2) is 6.10 Å². The summed E-state index contributed by atoms with van der Waals surface area (Å²) in [6.45, 7) is 4.34. The average molecular weight is 404 g/mol. The molecule has 150 valence electrons. The number of nitrogens with zero attached hydrogens (tertiary/aromatic N) is 1. The molecule has 0 spiro atoms. The second-order valence-electron chi connectivity index (χ2n) is 6.30. The van der Waals surface area contributed by atoms with E-state index in [1.165, 1.54) is 4.31 Å². The number of nitrogens with one attached hydrogen (secondary N) is 1. The van der Waals surface area contributed by atoms with E-state index in [2.05, 4.69) is 5.32 Å². The Bertz CT molecular complexity index is 928. The van der Waals surface area contributed by atoms with E-state index in [4.69, 9.17) is 9.47 Å². The lowest BCUT2D eigenvalue weighted by atomic mass is 10.2. The normalized spacial score (nSPS) is 16.1. The van der Waals surface area contributed by atoms with E-state index in [1.807, 2.05) is 31.2 Å². The first-order valence-electron chi connectivity index (χ1n) is 9.20. The monoisotopic (exact) mass is 404 g/mol. The first-order valence-corrected chi connectivity index (χ1v) is 10.8. The smallest absolute Gasteiger partial charge is 0.263 e. The summed E-state index contributed by atoms with van der Waals surface area (Å²) in [5.74, 6) is 0.735. The largest absolute Gasteiger partial charge is 0.494 e. The van der Waals surface area contributed by atoms with Crippen molar-refractivity contribution in [3.63, 3.8) is 0 Å². The van der Waals surface area contributed by atoms with Crippen LogP contribution in [0.25, 0.3) is 0 Å². The van der Waals surface area contributed by atoms with Crippen LogP contribution in [-0.2, 0) is 21.4 Å². The highest BCUT2D eigenvalue weighted by molar-refractivity contribution is 7.92. The number of benzene rings is 2. The molecule has 2 aromatic rings. The quantitative estimate of drug-likeness (QED) is 0.766. The molecule has 7 nitrogen and oxygen atoms in total. The number of ether oxygens (including phenoxy) is 2. The van der Waals surface area contributed by atoms with Crippen molar-refractivity contribution in [2.24, 2.45) is 0 Å². The van der Waals surface area contributed by atoms with Crippen molar-refractivity contribution in [2.45, 2.75) is 26.5 Å². The predicted molar refractivity (Wildman–Crippen MR) is 107 cm³/mol. The van der Waals surface area contributed by atoms with Crippen molar-refractivity contribution in [2.75, 3.05) is 23.2 Å². The van der Waals surface area contributed by atoms with Crippen LogP contribution in [0, 0.1) is 0 Å². The molecule has 1 aliphatic rings. The first-order chi connectivity index (χ1) is 13.4. The molecule has 28 heavy (non-hydrogen) atoms. The number of hydrogen-bond acceptors (Lipinski definition) is 5. The molecule has 1 heterocycles. The van der Waals surface area contributed by atoms with Gasteiger partial charge < -0.3 is 14.8 Å². The van der Waals surface area contributed by atoms with Gasteiger partial charge in [0.2, 0.25) is 10.0 Å². The van der Waals surface area contributed by atoms with Crippen molar-refractivity contribution in [1.82, 2.24) is 5.32 Å². The van der Waals surface area contributed by atoms with Gasteiger partial charge >= 0.3 is 0 Å². The van der Waals surface area contributed by atoms with Crippen LogP contribution in [0.5, 0.6) is 11.5 Å². The zero-order valence-corrected chi connectivity index (χ0v) is 16.7. The maximum atomic E-state index is 12.6. The number of sulfonamides is 1. The molecule has 1 N–H and O–H groups in total. The van der Waals surface area contributed by atoms with Crippen LogP contribution in [0.4, 0.5) is 5.69 Å². The topological polar surface area (TPSA) is 84.9 Å². The molecule has 3 rings (SSSR count). The summed E-state index contributed by atoms with van der Waals surface area (Å²) in [5, 5.41) is 2.81. The molecule has 0 radical (unpaired) electrons. The molecule has 1 atom stereocenters. The summed E-state index contributed by atoms with van der Waals surface area (Å²) < 4.78 is 37.4. The number of anilines is 1. The number of carbonyl (C=O) groups is 1. The lowest BCUT2D eigenvalue weighted by Gasteiger charge is -2.34. The minimum Gasteiger partial charge on any atom is -0.494 e. The van der Waals surface area contributed by atoms with Gasteiger partial charge in [-0.25, -0.2) is 8.42 Å². The maximum absolute atomic E-state index is 12.6. The van der Waals surface area contributed by atoms with Crippen LogP contribution in [-0.4, -0.2) is 39.3 Å². The molecular formula is C20H24N2O5S. The van der Waals surface area contributed by atoms with Crippen LogP contribution in [0.15, 0.2) is 48.5 Å². The van der Waals surface area contributed by atoms with E-state index >= 15 is 0 Å². The van der Waals surface area contributed by atoms with Gasteiger partial charge in [0.1, 0.15) is 11.5 Å². The summed E-state index contributed by atoms with van der Waals surface area (Å²) in [6.07, 6.45) is -0.918. The van der Waals surface area contributed by atoms with Crippen LogP contribution in [0.3, 0.4) is 0 Å². The Labute approximate surface area is 165 Å². The Morgan fingerprint density at radius 3 is 2.57 bits per heavy atom. The molecular weight excluding hydrogens is 380 g/mol. The standard InChI is InChI=1S/C20H24N2O5S/c1-3-26-16-11-9-15(10-12-16)13-21-20(23)19-14-22(28(24,25)4-2)17-7-5-6-8-18(17)27-19/h5-12,19H,3-4,13-14H2,1-2H3,(H,21,23)/t19-/m0/s1. The van der Waals surface area contributed by atoms with Gasteiger partial charge in [-0.2, -0.15) is 0 Å². The Morgan fingerprint density at radius 1 is 1.18 bits per heavy atom. The molecule has 1 amide bonds. The summed E-state index contributed by atoms with van der Waals surface area (Å²) >= 11 is 0. The fourth-order valence-corrected chi connectivity index (χ4v) is 4.06. The highest BCUT2D eigenvalue weighted by Gasteiger charge is 2.35. The molecule has 0 saturated heterocycles. The number of carbonyl (C=O) groups excluding carboxylic acids is 1. The minimum atomic E-state index is -3.52. The summed E-state index contributed by atoms with van der Waals surface area (Å²) in [5.41, 5.74) is 1.37. The zero-order chi connectivity index (χ0) is 20.1. The highest BCUT2D eigenvalue weighted by atomic mass is 32.2. The number of amides is 1. The maximum Gasteiger partial charge on any atom is 0.263 e. The molecule has 8 heteroatoms. The third-order valence-corrected chi connectivity index (χ3v) is 6.18. The molecule has 2 aromatic carbocycles. The number of hydrogen-bond donors (Lipinski definition) is 1. The first kappa shape index (κ1) is 20.0. The van der Waals surface area contributed by atoms with Gasteiger partial charge in [0.25, 0.3) is 5.91 Å². The van der Waals surface area contributed by atoms with Crippen LogP contribution in [0.2, 0.25) is 0 Å². The van der Waals surface area contributed by atoms with E-state index in [1.54, 1.807) is 31.2 Å². The number of fused-ring (bicyclic) bond motifs is 1. The van der Waals surface area contributed by atoms with Gasteiger partial charge in [0.05, 0.1) is 24.6 Å². The highest BCUT2D eigenvalue weighted by Crippen LogP contribution is 2.35. The van der Waals surface area contributed by atoms with E-state index < -0.39 is 16.1 Å². The van der Waals surface area contributed by atoms with Crippen molar-refractivity contribution in [3.05, 3.63) is 54.1 Å². The van der Waals surface area contributed by atoms with Gasteiger partial charge in [-0.1, -0.05) is 24.3 Å². The Hall–Kier alpha value is -2.74. The molecule has 0 fully saturated rings. The second kappa shape index (κ2) is 8.52.